The lowest BCUT2D eigenvalue weighted by atomic mass is 9.43. The van der Waals surface area contributed by atoms with Gasteiger partial charge in [-0.3, -0.25) is 5.41 Å². The van der Waals surface area contributed by atoms with E-state index in [-0.39, 0.29) is 11.3 Å². The Morgan fingerprint density at radius 3 is 2.16 bits per heavy atom. The minimum absolute atomic E-state index is 0.0613. The van der Waals surface area contributed by atoms with Crippen molar-refractivity contribution in [1.82, 2.24) is 0 Å². The molecule has 4 saturated carbocycles. The third-order valence-corrected chi connectivity index (χ3v) is 13.9. The summed E-state index contributed by atoms with van der Waals surface area (Å²) in [4.78, 5) is 9.96. The van der Waals surface area contributed by atoms with Crippen LogP contribution in [0.1, 0.15) is 59.9 Å². The molecule has 0 aliphatic heterocycles. The van der Waals surface area contributed by atoms with Crippen molar-refractivity contribution in [3.8, 4) is 11.1 Å². The van der Waals surface area contributed by atoms with E-state index in [0.29, 0.717) is 17.7 Å². The van der Waals surface area contributed by atoms with E-state index < -0.39 is 0 Å². The Morgan fingerprint density at radius 1 is 0.627 bits per heavy atom. The summed E-state index contributed by atoms with van der Waals surface area (Å²) >= 11 is 1.79. The van der Waals surface area contributed by atoms with E-state index in [1.807, 2.05) is 42.6 Å². The smallest absolute Gasteiger partial charge is 0.161 e. The van der Waals surface area contributed by atoms with Gasteiger partial charge in [0.1, 0.15) is 0 Å². The molecular weight excluding hydrogens is 639 g/mol. The van der Waals surface area contributed by atoms with Crippen molar-refractivity contribution in [2.75, 3.05) is 0 Å². The van der Waals surface area contributed by atoms with E-state index in [1.54, 1.807) is 16.9 Å². The van der Waals surface area contributed by atoms with E-state index in [9.17, 15) is 0 Å². The summed E-state index contributed by atoms with van der Waals surface area (Å²) < 4.78 is 2.48. The maximum atomic E-state index is 9.13. The predicted molar refractivity (Wildman–Crippen MR) is 214 cm³/mol. The zero-order chi connectivity index (χ0) is 33.7. The second-order valence-electron chi connectivity index (χ2n) is 15.4. The molecule has 5 aliphatic carbocycles. The van der Waals surface area contributed by atoms with Gasteiger partial charge in [0.25, 0.3) is 0 Å². The predicted octanol–water partition coefficient (Wildman–Crippen LogP) is 11.8. The monoisotopic (exact) mass is 675 g/mol. The van der Waals surface area contributed by atoms with Crippen LogP contribution in [0.15, 0.2) is 137 Å². The maximum absolute atomic E-state index is 9.13. The zero-order valence-corrected chi connectivity index (χ0v) is 29.2. The van der Waals surface area contributed by atoms with Gasteiger partial charge in [0.15, 0.2) is 11.7 Å². The van der Waals surface area contributed by atoms with Gasteiger partial charge in [-0.1, -0.05) is 97.1 Å². The molecule has 12 rings (SSSR count). The molecule has 4 heteroatoms. The van der Waals surface area contributed by atoms with Crippen LogP contribution in [-0.4, -0.2) is 17.9 Å². The van der Waals surface area contributed by atoms with Crippen molar-refractivity contribution in [2.45, 2.75) is 37.5 Å². The highest BCUT2D eigenvalue weighted by atomic mass is 32.1. The van der Waals surface area contributed by atoms with Crippen molar-refractivity contribution in [2.24, 2.45) is 33.7 Å². The van der Waals surface area contributed by atoms with Crippen LogP contribution < -0.4 is 0 Å². The molecule has 1 N–H and O–H groups in total. The van der Waals surface area contributed by atoms with Crippen molar-refractivity contribution in [3.63, 3.8) is 0 Å². The SMILES string of the molecule is N=C(N=C(N=Cc1ccc2c(c1)C1(c3c-2ccc2ccccc32)C2CC3CC(C2)CC1C3)c1ccccc1)c1ccc2sc3ccccc3c2c1. The highest BCUT2D eigenvalue weighted by Crippen LogP contribution is 2.70. The Hall–Kier alpha value is -5.19. The lowest BCUT2D eigenvalue weighted by molar-refractivity contribution is -0.0393. The number of thiophene rings is 1. The van der Waals surface area contributed by atoms with Gasteiger partial charge in [0.2, 0.25) is 0 Å². The highest BCUT2D eigenvalue weighted by Gasteiger charge is 2.62. The number of nitrogens with one attached hydrogen (secondary N) is 1. The fourth-order valence-electron chi connectivity index (χ4n) is 11.0. The number of benzene rings is 6. The zero-order valence-electron chi connectivity index (χ0n) is 28.3. The molecular formula is C47H37N3S. The summed E-state index contributed by atoms with van der Waals surface area (Å²) in [6.07, 6.45) is 8.85. The Morgan fingerprint density at radius 2 is 1.33 bits per heavy atom. The molecule has 1 aromatic heterocycles. The topological polar surface area (TPSA) is 48.6 Å². The number of amidine groups is 2. The molecule has 4 fully saturated rings. The number of fused-ring (bicyclic) bond motifs is 8. The molecule has 4 bridgehead atoms. The fraction of sp³-hybridized carbons (Fsp3) is 0.213. The van der Waals surface area contributed by atoms with Crippen molar-refractivity contribution in [3.05, 3.63) is 155 Å². The summed E-state index contributed by atoms with van der Waals surface area (Å²) in [5.41, 5.74) is 8.83. The second-order valence-corrected chi connectivity index (χ2v) is 16.5. The minimum Gasteiger partial charge on any atom is -0.282 e. The average molecular weight is 676 g/mol. The van der Waals surface area contributed by atoms with Gasteiger partial charge in [-0.05, 0) is 125 Å². The molecule has 5 aliphatic rings. The fourth-order valence-corrected chi connectivity index (χ4v) is 12.1. The van der Waals surface area contributed by atoms with Gasteiger partial charge < -0.3 is 0 Å². The molecule has 7 aromatic rings. The lowest BCUT2D eigenvalue weighted by Crippen LogP contribution is -2.55. The maximum Gasteiger partial charge on any atom is 0.161 e. The van der Waals surface area contributed by atoms with Crippen LogP contribution in [-0.2, 0) is 5.41 Å². The summed E-state index contributed by atoms with van der Waals surface area (Å²) in [6.45, 7) is 0. The molecule has 246 valence electrons. The Labute approximate surface area is 301 Å². The minimum atomic E-state index is 0.0613. The molecule has 1 heterocycles. The number of nitrogens with zero attached hydrogens (tertiary/aromatic N) is 2. The average Bonchev–Trinajstić information content (AvgIpc) is 3.69. The molecule has 6 aromatic carbocycles. The first kappa shape index (κ1) is 29.5. The normalized spacial score (nSPS) is 24.7. The number of rotatable bonds is 3. The summed E-state index contributed by atoms with van der Waals surface area (Å²) in [7, 11) is 0. The van der Waals surface area contributed by atoms with Crippen molar-refractivity contribution >= 4 is 60.2 Å². The van der Waals surface area contributed by atoms with E-state index in [2.05, 4.69) is 91.0 Å². The Bertz CT molecular complexity index is 2600. The summed E-state index contributed by atoms with van der Waals surface area (Å²) in [5.74, 6) is 3.92. The van der Waals surface area contributed by atoms with E-state index in [1.165, 1.54) is 79.7 Å². The summed E-state index contributed by atoms with van der Waals surface area (Å²) in [6, 6.07) is 45.8. The van der Waals surface area contributed by atoms with Gasteiger partial charge in [-0.25, -0.2) is 9.98 Å². The first-order chi connectivity index (χ1) is 25.1. The summed E-state index contributed by atoms with van der Waals surface area (Å²) in [5, 5.41) is 14.3. The van der Waals surface area contributed by atoms with Gasteiger partial charge >= 0.3 is 0 Å². The van der Waals surface area contributed by atoms with Crippen molar-refractivity contribution in [1.29, 1.82) is 5.41 Å². The number of hydrogen-bond donors (Lipinski definition) is 1. The van der Waals surface area contributed by atoms with Crippen molar-refractivity contribution < 1.29 is 0 Å². The molecule has 0 radical (unpaired) electrons. The Kier molecular flexibility index (Phi) is 6.46. The van der Waals surface area contributed by atoms with Crippen LogP contribution in [0, 0.1) is 29.1 Å². The Balaban J connectivity index is 1.02. The van der Waals surface area contributed by atoms with Gasteiger partial charge in [0, 0.05) is 42.9 Å². The van der Waals surface area contributed by atoms with E-state index in [4.69, 9.17) is 15.4 Å². The first-order valence-electron chi connectivity index (χ1n) is 18.5. The molecule has 0 atom stereocenters. The van der Waals surface area contributed by atoms with Crippen LogP contribution in [0.3, 0.4) is 0 Å². The first-order valence-corrected chi connectivity index (χ1v) is 19.3. The highest BCUT2D eigenvalue weighted by molar-refractivity contribution is 7.25. The van der Waals surface area contributed by atoms with Crippen LogP contribution in [0.4, 0.5) is 0 Å². The van der Waals surface area contributed by atoms with Crippen LogP contribution in [0.5, 0.6) is 0 Å². The van der Waals surface area contributed by atoms with Crippen LogP contribution >= 0.6 is 11.3 Å². The van der Waals surface area contributed by atoms with Crippen LogP contribution in [0.2, 0.25) is 0 Å². The molecule has 0 saturated heterocycles. The number of hydrogen-bond acceptors (Lipinski definition) is 2. The van der Waals surface area contributed by atoms with Crippen LogP contribution in [0.25, 0.3) is 42.1 Å². The van der Waals surface area contributed by atoms with Gasteiger partial charge in [-0.2, -0.15) is 0 Å². The quantitative estimate of drug-likeness (QED) is 0.143. The standard InChI is InChI=1S/C47H37N3S/c48-45(33-16-19-43-40(26-33)38-12-6-7-13-42(38)51-43)50-46(32-9-2-1-3-10-32)49-27-28-14-17-37-39-18-15-31-8-4-5-11-36(31)44(39)47(41(37)25-28)34-21-29-20-30(23-34)24-35(47)22-29/h1-19,25-27,29-30,34-35,48H,20-24H2. The van der Waals surface area contributed by atoms with Gasteiger partial charge in [-0.15, -0.1) is 11.3 Å². The molecule has 0 amide bonds. The lowest BCUT2D eigenvalue weighted by Gasteiger charge is -2.61. The van der Waals surface area contributed by atoms with E-state index in [0.717, 1.165) is 28.5 Å². The third kappa shape index (κ3) is 4.39. The van der Waals surface area contributed by atoms with Gasteiger partial charge in [0.05, 0.1) is 0 Å². The molecule has 0 unspecified atom stereocenters. The molecule has 3 nitrogen and oxygen atoms in total. The molecule has 51 heavy (non-hydrogen) atoms. The largest absolute Gasteiger partial charge is 0.282 e. The number of aliphatic imine (C=N–C) groups is 2. The van der Waals surface area contributed by atoms with E-state index >= 15 is 0 Å². The third-order valence-electron chi connectivity index (χ3n) is 12.8. The second kappa shape index (κ2) is 11.2. The molecule has 1 spiro atoms.